The van der Waals surface area contributed by atoms with Gasteiger partial charge < -0.3 is 10.2 Å². The van der Waals surface area contributed by atoms with E-state index in [-0.39, 0.29) is 0 Å². The Morgan fingerprint density at radius 2 is 2.00 bits per heavy atom. The molecule has 0 aromatic carbocycles. The summed E-state index contributed by atoms with van der Waals surface area (Å²) in [6.07, 6.45) is 7.01. The molecule has 2 aliphatic rings. The van der Waals surface area contributed by atoms with E-state index in [0.29, 0.717) is 0 Å². The van der Waals surface area contributed by atoms with Gasteiger partial charge in [-0.3, -0.25) is 4.90 Å². The minimum atomic E-state index is 0.790. The summed E-state index contributed by atoms with van der Waals surface area (Å²) >= 11 is 0. The summed E-state index contributed by atoms with van der Waals surface area (Å²) in [5.41, 5.74) is 0. The molecule has 0 spiro atoms. The van der Waals surface area contributed by atoms with Gasteiger partial charge in [-0.15, -0.1) is 0 Å². The minimum absolute atomic E-state index is 0.790. The molecule has 1 N–H and O–H groups in total. The van der Waals surface area contributed by atoms with Crippen LogP contribution in [0.3, 0.4) is 0 Å². The van der Waals surface area contributed by atoms with Crippen molar-refractivity contribution in [3.05, 3.63) is 0 Å². The highest BCUT2D eigenvalue weighted by Crippen LogP contribution is 2.12. The first-order valence-electron chi connectivity index (χ1n) is 7.57. The predicted octanol–water partition coefficient (Wildman–Crippen LogP) is 1.55. The number of nitrogens with zero attached hydrogens (tertiary/aromatic N) is 2. The number of likely N-dealkylation sites (N-methyl/N-ethyl adjacent to an activating group) is 1. The molecule has 1 atom stereocenters. The summed E-state index contributed by atoms with van der Waals surface area (Å²) < 4.78 is 0. The monoisotopic (exact) mass is 239 g/mol. The molecule has 100 valence electrons. The average molecular weight is 239 g/mol. The molecule has 0 aromatic rings. The molecule has 2 heterocycles. The standard InChI is InChI=1S/C14H29N3/c1-2-17(14-7-6-8-15-13-14)12-11-16-9-4-3-5-10-16/h14-15H,2-13H2,1H3. The van der Waals surface area contributed by atoms with E-state index in [2.05, 4.69) is 22.0 Å². The van der Waals surface area contributed by atoms with Gasteiger partial charge in [-0.25, -0.2) is 0 Å². The quantitative estimate of drug-likeness (QED) is 0.785. The molecule has 0 aromatic heterocycles. The van der Waals surface area contributed by atoms with Crippen molar-refractivity contribution >= 4 is 0 Å². The van der Waals surface area contributed by atoms with Crippen LogP contribution < -0.4 is 5.32 Å². The lowest BCUT2D eigenvalue weighted by atomic mass is 10.1. The van der Waals surface area contributed by atoms with Crippen LogP contribution in [0.25, 0.3) is 0 Å². The molecule has 0 saturated carbocycles. The van der Waals surface area contributed by atoms with Crippen molar-refractivity contribution in [1.82, 2.24) is 15.1 Å². The highest BCUT2D eigenvalue weighted by Gasteiger charge is 2.20. The molecule has 0 bridgehead atoms. The molecule has 3 nitrogen and oxygen atoms in total. The predicted molar refractivity (Wildman–Crippen MR) is 73.4 cm³/mol. The van der Waals surface area contributed by atoms with Crippen molar-refractivity contribution in [3.8, 4) is 0 Å². The van der Waals surface area contributed by atoms with Crippen LogP contribution in [0.1, 0.15) is 39.0 Å². The summed E-state index contributed by atoms with van der Waals surface area (Å²) in [5.74, 6) is 0. The third-order valence-corrected chi connectivity index (χ3v) is 4.35. The Labute approximate surface area is 107 Å². The average Bonchev–Trinajstić information content (AvgIpc) is 2.42. The minimum Gasteiger partial charge on any atom is -0.315 e. The highest BCUT2D eigenvalue weighted by molar-refractivity contribution is 4.79. The Balaban J connectivity index is 1.70. The first-order chi connectivity index (χ1) is 8.40. The second-order valence-corrected chi connectivity index (χ2v) is 5.53. The van der Waals surface area contributed by atoms with Crippen LogP contribution in [0.2, 0.25) is 0 Å². The van der Waals surface area contributed by atoms with E-state index in [1.54, 1.807) is 0 Å². The molecular weight excluding hydrogens is 210 g/mol. The number of hydrogen-bond donors (Lipinski definition) is 1. The fourth-order valence-corrected chi connectivity index (χ4v) is 3.20. The van der Waals surface area contributed by atoms with Crippen molar-refractivity contribution in [3.63, 3.8) is 0 Å². The molecule has 3 heteroatoms. The van der Waals surface area contributed by atoms with Crippen LogP contribution in [0.15, 0.2) is 0 Å². The topological polar surface area (TPSA) is 18.5 Å². The van der Waals surface area contributed by atoms with Gasteiger partial charge in [-0.2, -0.15) is 0 Å². The van der Waals surface area contributed by atoms with Crippen LogP contribution in [-0.2, 0) is 0 Å². The van der Waals surface area contributed by atoms with Gasteiger partial charge in [-0.05, 0) is 51.9 Å². The van der Waals surface area contributed by atoms with E-state index in [1.165, 1.54) is 77.9 Å². The molecule has 2 saturated heterocycles. The third kappa shape index (κ3) is 4.23. The highest BCUT2D eigenvalue weighted by atomic mass is 15.2. The zero-order chi connectivity index (χ0) is 11.9. The largest absolute Gasteiger partial charge is 0.315 e. The lowest BCUT2D eigenvalue weighted by molar-refractivity contribution is 0.137. The van der Waals surface area contributed by atoms with Crippen molar-refractivity contribution in [2.75, 3.05) is 45.8 Å². The number of piperidine rings is 2. The summed E-state index contributed by atoms with van der Waals surface area (Å²) in [5, 5.41) is 3.53. The lowest BCUT2D eigenvalue weighted by Gasteiger charge is -2.36. The molecule has 2 aliphatic heterocycles. The van der Waals surface area contributed by atoms with Crippen LogP contribution in [-0.4, -0.2) is 61.7 Å². The molecule has 0 aliphatic carbocycles. The number of hydrogen-bond acceptors (Lipinski definition) is 3. The Morgan fingerprint density at radius 1 is 1.18 bits per heavy atom. The summed E-state index contributed by atoms with van der Waals surface area (Å²) in [6.45, 7) is 11.2. The molecule has 2 fully saturated rings. The van der Waals surface area contributed by atoms with Crippen LogP contribution >= 0.6 is 0 Å². The molecule has 0 amide bonds. The van der Waals surface area contributed by atoms with Gasteiger partial charge in [0.15, 0.2) is 0 Å². The van der Waals surface area contributed by atoms with E-state index in [4.69, 9.17) is 0 Å². The Morgan fingerprint density at radius 3 is 2.65 bits per heavy atom. The Kier molecular flexibility index (Phi) is 5.75. The van der Waals surface area contributed by atoms with E-state index in [1.807, 2.05) is 0 Å². The van der Waals surface area contributed by atoms with Crippen molar-refractivity contribution in [2.45, 2.75) is 45.1 Å². The summed E-state index contributed by atoms with van der Waals surface area (Å²) in [6, 6.07) is 0.790. The molecule has 0 radical (unpaired) electrons. The van der Waals surface area contributed by atoms with Gasteiger partial charge in [0.25, 0.3) is 0 Å². The van der Waals surface area contributed by atoms with Crippen LogP contribution in [0.5, 0.6) is 0 Å². The first-order valence-corrected chi connectivity index (χ1v) is 7.57. The summed E-state index contributed by atoms with van der Waals surface area (Å²) in [4.78, 5) is 5.34. The van der Waals surface area contributed by atoms with Gasteiger partial charge in [-0.1, -0.05) is 13.3 Å². The maximum Gasteiger partial charge on any atom is 0.0221 e. The Bertz CT molecular complexity index is 196. The van der Waals surface area contributed by atoms with E-state index >= 15 is 0 Å². The number of nitrogens with one attached hydrogen (secondary N) is 1. The smallest absolute Gasteiger partial charge is 0.0221 e. The van der Waals surface area contributed by atoms with Crippen LogP contribution in [0, 0.1) is 0 Å². The maximum atomic E-state index is 3.53. The van der Waals surface area contributed by atoms with Crippen molar-refractivity contribution in [1.29, 1.82) is 0 Å². The van der Waals surface area contributed by atoms with Crippen molar-refractivity contribution in [2.24, 2.45) is 0 Å². The molecule has 1 unspecified atom stereocenters. The SMILES string of the molecule is CCN(CCN1CCCCC1)C1CCCNC1. The molecule has 2 rings (SSSR count). The number of rotatable bonds is 5. The van der Waals surface area contributed by atoms with Crippen molar-refractivity contribution < 1.29 is 0 Å². The second-order valence-electron chi connectivity index (χ2n) is 5.53. The van der Waals surface area contributed by atoms with Gasteiger partial charge in [0.05, 0.1) is 0 Å². The first kappa shape index (κ1) is 13.3. The second kappa shape index (κ2) is 7.34. The maximum absolute atomic E-state index is 3.53. The lowest BCUT2D eigenvalue weighted by Crippen LogP contribution is -2.48. The van der Waals surface area contributed by atoms with Gasteiger partial charge in [0, 0.05) is 25.7 Å². The third-order valence-electron chi connectivity index (χ3n) is 4.35. The molecule has 17 heavy (non-hydrogen) atoms. The van der Waals surface area contributed by atoms with E-state index in [0.717, 1.165) is 6.04 Å². The van der Waals surface area contributed by atoms with Gasteiger partial charge in [0.1, 0.15) is 0 Å². The normalized spacial score (nSPS) is 27.5. The summed E-state index contributed by atoms with van der Waals surface area (Å²) in [7, 11) is 0. The van der Waals surface area contributed by atoms with Crippen LogP contribution in [0.4, 0.5) is 0 Å². The zero-order valence-corrected chi connectivity index (χ0v) is 11.5. The Hall–Kier alpha value is -0.120. The molecular formula is C14H29N3. The van der Waals surface area contributed by atoms with Gasteiger partial charge >= 0.3 is 0 Å². The zero-order valence-electron chi connectivity index (χ0n) is 11.5. The fraction of sp³-hybridized carbons (Fsp3) is 1.00. The van der Waals surface area contributed by atoms with E-state index < -0.39 is 0 Å². The van der Waals surface area contributed by atoms with E-state index in [9.17, 15) is 0 Å². The van der Waals surface area contributed by atoms with Gasteiger partial charge in [0.2, 0.25) is 0 Å². The fourth-order valence-electron chi connectivity index (χ4n) is 3.20. The number of likely N-dealkylation sites (tertiary alicyclic amines) is 1.